The number of rotatable bonds is 3. The van der Waals surface area contributed by atoms with Crippen molar-refractivity contribution < 1.29 is 4.74 Å². The van der Waals surface area contributed by atoms with Gasteiger partial charge >= 0.3 is 0 Å². The average Bonchev–Trinajstić information content (AvgIpc) is 2.63. The van der Waals surface area contributed by atoms with Crippen molar-refractivity contribution >= 4 is 12.4 Å². The van der Waals surface area contributed by atoms with Gasteiger partial charge < -0.3 is 10.5 Å². The molecule has 0 spiro atoms. The molecule has 4 atom stereocenters. The molecule has 3 nitrogen and oxygen atoms in total. The molecule has 0 aromatic carbocycles. The normalized spacial score (nSPS) is 36.6. The molecule has 1 aliphatic heterocycles. The first-order valence-corrected chi connectivity index (χ1v) is 6.21. The zero-order valence-electron chi connectivity index (χ0n) is 10.4. The number of methoxy groups -OCH3 is 1. The van der Waals surface area contributed by atoms with Gasteiger partial charge in [-0.25, -0.2) is 0 Å². The van der Waals surface area contributed by atoms with Gasteiger partial charge in [-0.15, -0.1) is 12.4 Å². The molecule has 2 rings (SSSR count). The van der Waals surface area contributed by atoms with Gasteiger partial charge in [0.1, 0.15) is 0 Å². The first-order chi connectivity index (χ1) is 7.22. The lowest BCUT2D eigenvalue weighted by Gasteiger charge is -2.30. The molecule has 2 fully saturated rings. The fraction of sp³-hybridized carbons (Fsp3) is 1.00. The van der Waals surface area contributed by atoms with Crippen molar-refractivity contribution in [3.8, 4) is 0 Å². The second kappa shape index (κ2) is 6.20. The molecule has 0 radical (unpaired) electrons. The number of nitrogens with zero attached hydrogens (tertiary/aromatic N) is 1. The summed E-state index contributed by atoms with van der Waals surface area (Å²) < 4.78 is 5.22. The van der Waals surface area contributed by atoms with Crippen LogP contribution in [0.1, 0.15) is 26.2 Å². The van der Waals surface area contributed by atoms with Crippen LogP contribution in [0.25, 0.3) is 0 Å². The van der Waals surface area contributed by atoms with Crippen molar-refractivity contribution in [3.05, 3.63) is 0 Å². The van der Waals surface area contributed by atoms with E-state index in [2.05, 4.69) is 11.8 Å². The third-order valence-electron chi connectivity index (χ3n) is 4.21. The highest BCUT2D eigenvalue weighted by Crippen LogP contribution is 2.36. The zero-order valence-corrected chi connectivity index (χ0v) is 11.2. The van der Waals surface area contributed by atoms with Crippen LogP contribution < -0.4 is 5.73 Å². The topological polar surface area (TPSA) is 38.5 Å². The van der Waals surface area contributed by atoms with Crippen LogP contribution in [0.5, 0.6) is 0 Å². The van der Waals surface area contributed by atoms with Gasteiger partial charge in [0.05, 0.1) is 6.61 Å². The number of nitrogens with two attached hydrogens (primary N) is 1. The van der Waals surface area contributed by atoms with Gasteiger partial charge in [-0.3, -0.25) is 4.90 Å². The third-order valence-corrected chi connectivity index (χ3v) is 4.21. The van der Waals surface area contributed by atoms with Crippen molar-refractivity contribution in [1.29, 1.82) is 0 Å². The molecule has 1 aliphatic carbocycles. The van der Waals surface area contributed by atoms with Crippen molar-refractivity contribution in [2.24, 2.45) is 17.6 Å². The van der Waals surface area contributed by atoms with E-state index in [0.717, 1.165) is 18.4 Å². The number of likely N-dealkylation sites (tertiary alicyclic amines) is 1. The minimum atomic E-state index is 0. The summed E-state index contributed by atoms with van der Waals surface area (Å²) in [7, 11) is 1.78. The summed E-state index contributed by atoms with van der Waals surface area (Å²) >= 11 is 0. The summed E-state index contributed by atoms with van der Waals surface area (Å²) in [4.78, 5) is 2.56. The Morgan fingerprint density at radius 3 is 2.75 bits per heavy atom. The Labute approximate surface area is 105 Å². The molecule has 0 amide bonds. The van der Waals surface area contributed by atoms with Gasteiger partial charge in [0, 0.05) is 32.3 Å². The lowest BCUT2D eigenvalue weighted by Crippen LogP contribution is -2.39. The number of fused-ring (bicyclic) bond motifs is 1. The Balaban J connectivity index is 0.00000128. The lowest BCUT2D eigenvalue weighted by molar-refractivity contribution is 0.111. The highest BCUT2D eigenvalue weighted by atomic mass is 35.5. The average molecular weight is 249 g/mol. The zero-order chi connectivity index (χ0) is 10.8. The van der Waals surface area contributed by atoms with Gasteiger partial charge in [-0.2, -0.15) is 0 Å². The lowest BCUT2D eigenvalue weighted by atomic mass is 9.78. The van der Waals surface area contributed by atoms with Crippen LogP contribution in [0, 0.1) is 11.8 Å². The number of halogens is 1. The maximum Gasteiger partial charge on any atom is 0.0615 e. The minimum Gasteiger partial charge on any atom is -0.383 e. The smallest absolute Gasteiger partial charge is 0.0615 e. The molecule has 0 bridgehead atoms. The van der Waals surface area contributed by atoms with Gasteiger partial charge in [-0.1, -0.05) is 6.42 Å². The van der Waals surface area contributed by atoms with Crippen LogP contribution in [0.4, 0.5) is 0 Å². The Bertz CT molecular complexity index is 215. The molecule has 4 unspecified atom stereocenters. The minimum absolute atomic E-state index is 0. The largest absolute Gasteiger partial charge is 0.383 e. The number of hydrogen-bond donors (Lipinski definition) is 1. The van der Waals surface area contributed by atoms with Gasteiger partial charge in [0.25, 0.3) is 0 Å². The molecule has 1 saturated carbocycles. The summed E-state index contributed by atoms with van der Waals surface area (Å²) in [5, 5.41) is 0. The van der Waals surface area contributed by atoms with Gasteiger partial charge in [0.2, 0.25) is 0 Å². The van der Waals surface area contributed by atoms with Gasteiger partial charge in [-0.05, 0) is 31.6 Å². The first kappa shape index (κ1) is 14.2. The van der Waals surface area contributed by atoms with Crippen LogP contribution in [0.3, 0.4) is 0 Å². The molecule has 2 aliphatic rings. The second-order valence-corrected chi connectivity index (χ2v) is 5.28. The summed E-state index contributed by atoms with van der Waals surface area (Å²) in [5.74, 6) is 1.60. The SMILES string of the molecule is COCC(C)N1CC2CCCC(N)C2C1.Cl. The van der Waals surface area contributed by atoms with Crippen molar-refractivity contribution in [2.45, 2.75) is 38.3 Å². The molecular weight excluding hydrogens is 224 g/mol. The van der Waals surface area contributed by atoms with E-state index in [1.54, 1.807) is 7.11 Å². The molecule has 2 N–H and O–H groups in total. The van der Waals surface area contributed by atoms with Crippen molar-refractivity contribution in [1.82, 2.24) is 4.90 Å². The summed E-state index contributed by atoms with van der Waals surface area (Å²) in [6.07, 6.45) is 3.94. The van der Waals surface area contributed by atoms with E-state index in [1.165, 1.54) is 32.4 Å². The van der Waals surface area contributed by atoms with E-state index < -0.39 is 0 Å². The highest BCUT2D eigenvalue weighted by molar-refractivity contribution is 5.85. The van der Waals surface area contributed by atoms with Crippen molar-refractivity contribution in [3.63, 3.8) is 0 Å². The molecule has 0 aromatic heterocycles. The Morgan fingerprint density at radius 2 is 2.12 bits per heavy atom. The quantitative estimate of drug-likeness (QED) is 0.823. The van der Waals surface area contributed by atoms with E-state index in [9.17, 15) is 0 Å². The van der Waals surface area contributed by atoms with E-state index >= 15 is 0 Å². The Kier molecular flexibility index (Phi) is 5.51. The summed E-state index contributed by atoms with van der Waals surface area (Å²) in [6, 6.07) is 0.997. The maximum atomic E-state index is 6.20. The van der Waals surface area contributed by atoms with E-state index in [0.29, 0.717) is 12.1 Å². The van der Waals surface area contributed by atoms with E-state index in [1.807, 2.05) is 0 Å². The molecule has 4 heteroatoms. The van der Waals surface area contributed by atoms with Crippen LogP contribution in [-0.2, 0) is 4.74 Å². The van der Waals surface area contributed by atoms with Crippen LogP contribution in [0.2, 0.25) is 0 Å². The van der Waals surface area contributed by atoms with Crippen LogP contribution in [0.15, 0.2) is 0 Å². The molecule has 96 valence electrons. The van der Waals surface area contributed by atoms with E-state index in [4.69, 9.17) is 10.5 Å². The predicted octanol–water partition coefficient (Wildman–Crippen LogP) is 1.50. The van der Waals surface area contributed by atoms with Crippen LogP contribution in [-0.4, -0.2) is 43.8 Å². The Hall–Kier alpha value is 0.170. The molecule has 1 saturated heterocycles. The molecule has 1 heterocycles. The monoisotopic (exact) mass is 248 g/mol. The second-order valence-electron chi connectivity index (χ2n) is 5.28. The summed E-state index contributed by atoms with van der Waals surface area (Å²) in [6.45, 7) is 5.53. The standard InChI is InChI=1S/C12H24N2O.ClH/c1-9(8-15-2)14-6-10-4-3-5-12(13)11(10)7-14;/h9-12H,3-8,13H2,1-2H3;1H. The fourth-order valence-corrected chi connectivity index (χ4v) is 3.26. The predicted molar refractivity (Wildman–Crippen MR) is 69.0 cm³/mol. The first-order valence-electron chi connectivity index (χ1n) is 6.21. The summed E-state index contributed by atoms with van der Waals surface area (Å²) in [5.41, 5.74) is 6.20. The number of ether oxygens (including phenoxy) is 1. The highest BCUT2D eigenvalue weighted by Gasteiger charge is 2.39. The number of hydrogen-bond acceptors (Lipinski definition) is 3. The third kappa shape index (κ3) is 2.89. The molecular formula is C12H25ClN2O. The van der Waals surface area contributed by atoms with Crippen LogP contribution >= 0.6 is 12.4 Å². The maximum absolute atomic E-state index is 6.20. The van der Waals surface area contributed by atoms with E-state index in [-0.39, 0.29) is 12.4 Å². The Morgan fingerprint density at radius 1 is 1.38 bits per heavy atom. The van der Waals surface area contributed by atoms with Gasteiger partial charge in [0.15, 0.2) is 0 Å². The fourth-order valence-electron chi connectivity index (χ4n) is 3.26. The van der Waals surface area contributed by atoms with Crippen molar-refractivity contribution in [2.75, 3.05) is 26.8 Å². The molecule has 16 heavy (non-hydrogen) atoms. The molecule has 0 aromatic rings.